The van der Waals surface area contributed by atoms with Crippen molar-refractivity contribution in [2.75, 3.05) is 11.1 Å². The molecule has 0 saturated heterocycles. The molecule has 32 heavy (non-hydrogen) atoms. The molecule has 0 bridgehead atoms. The number of nitrogens with one attached hydrogen (secondary N) is 1. The van der Waals surface area contributed by atoms with Gasteiger partial charge in [-0.2, -0.15) is 0 Å². The van der Waals surface area contributed by atoms with Crippen molar-refractivity contribution in [2.24, 2.45) is 0 Å². The van der Waals surface area contributed by atoms with Gasteiger partial charge in [-0.15, -0.1) is 10.2 Å². The molecule has 3 aromatic rings. The maximum absolute atomic E-state index is 12.6. The van der Waals surface area contributed by atoms with Crippen molar-refractivity contribution in [3.8, 4) is 5.75 Å². The monoisotopic (exact) mass is 516 g/mol. The van der Waals surface area contributed by atoms with E-state index in [4.69, 9.17) is 4.74 Å². The maximum atomic E-state index is 12.6. The summed E-state index contributed by atoms with van der Waals surface area (Å²) in [6, 6.07) is 12.1. The number of aromatic nitrogens is 3. The molecular formula is C24H29BrN4O2S. The van der Waals surface area contributed by atoms with Gasteiger partial charge in [-0.3, -0.25) is 4.79 Å². The number of amides is 1. The van der Waals surface area contributed by atoms with Gasteiger partial charge in [-0.1, -0.05) is 46.7 Å². The normalized spacial score (nSPS) is 11.9. The lowest BCUT2D eigenvalue weighted by atomic mass is 10.1. The van der Waals surface area contributed by atoms with Crippen molar-refractivity contribution in [2.45, 2.75) is 58.8 Å². The zero-order chi connectivity index (χ0) is 23.3. The van der Waals surface area contributed by atoms with Crippen molar-refractivity contribution in [3.05, 3.63) is 63.4 Å². The molecule has 0 radical (unpaired) electrons. The fraction of sp³-hybridized carbons (Fsp3) is 0.375. The summed E-state index contributed by atoms with van der Waals surface area (Å²) in [5.74, 6) is 1.72. The van der Waals surface area contributed by atoms with Gasteiger partial charge in [-0.25, -0.2) is 0 Å². The number of hydrogen-bond donors (Lipinski definition) is 1. The first-order valence-corrected chi connectivity index (χ1v) is 12.5. The third kappa shape index (κ3) is 5.92. The van der Waals surface area contributed by atoms with E-state index >= 15 is 0 Å². The number of hydrogen-bond acceptors (Lipinski definition) is 5. The van der Waals surface area contributed by atoms with Gasteiger partial charge in [0.1, 0.15) is 5.75 Å². The second kappa shape index (κ2) is 11.0. The zero-order valence-electron chi connectivity index (χ0n) is 19.1. The van der Waals surface area contributed by atoms with Crippen LogP contribution in [0, 0.1) is 13.8 Å². The van der Waals surface area contributed by atoms with Crippen LogP contribution in [0.5, 0.6) is 5.75 Å². The fourth-order valence-corrected chi connectivity index (χ4v) is 4.97. The molecule has 0 fully saturated rings. The molecule has 6 nitrogen and oxygen atoms in total. The van der Waals surface area contributed by atoms with Gasteiger partial charge in [0.05, 0.1) is 5.75 Å². The number of carbonyl (C=O) groups is 1. The van der Waals surface area contributed by atoms with Crippen LogP contribution >= 0.6 is 27.7 Å². The van der Waals surface area contributed by atoms with E-state index in [2.05, 4.69) is 50.5 Å². The van der Waals surface area contributed by atoms with Gasteiger partial charge < -0.3 is 14.6 Å². The molecule has 0 aliphatic heterocycles. The highest BCUT2D eigenvalue weighted by Gasteiger charge is 2.20. The van der Waals surface area contributed by atoms with Crippen LogP contribution in [0.4, 0.5) is 5.69 Å². The average Bonchev–Trinajstić information content (AvgIpc) is 3.18. The minimum absolute atomic E-state index is 0.0731. The number of nitrogens with zero attached hydrogens (tertiary/aromatic N) is 3. The molecule has 1 atom stereocenters. The second-order valence-electron chi connectivity index (χ2n) is 7.59. The van der Waals surface area contributed by atoms with Crippen LogP contribution in [0.2, 0.25) is 0 Å². The number of thioether (sulfide) groups is 1. The number of benzene rings is 2. The van der Waals surface area contributed by atoms with Gasteiger partial charge >= 0.3 is 0 Å². The van der Waals surface area contributed by atoms with Crippen LogP contribution in [-0.2, 0) is 17.8 Å². The highest BCUT2D eigenvalue weighted by molar-refractivity contribution is 9.10. The summed E-state index contributed by atoms with van der Waals surface area (Å²) >= 11 is 4.86. The van der Waals surface area contributed by atoms with Crippen LogP contribution in [0.15, 0.2) is 46.0 Å². The van der Waals surface area contributed by atoms with E-state index in [0.717, 1.165) is 39.3 Å². The van der Waals surface area contributed by atoms with Gasteiger partial charge in [0.15, 0.2) is 17.1 Å². The Morgan fingerprint density at radius 3 is 2.41 bits per heavy atom. The van der Waals surface area contributed by atoms with Crippen molar-refractivity contribution >= 4 is 39.3 Å². The first-order valence-electron chi connectivity index (χ1n) is 10.7. The third-order valence-electron chi connectivity index (χ3n) is 5.16. The second-order valence-corrected chi connectivity index (χ2v) is 9.45. The Balaban J connectivity index is 1.64. The number of rotatable bonds is 9. The van der Waals surface area contributed by atoms with Crippen LogP contribution < -0.4 is 10.1 Å². The highest BCUT2D eigenvalue weighted by Crippen LogP contribution is 2.27. The van der Waals surface area contributed by atoms with Crippen LogP contribution in [0.3, 0.4) is 0 Å². The molecule has 8 heteroatoms. The summed E-state index contributed by atoms with van der Waals surface area (Å²) < 4.78 is 9.08. The lowest BCUT2D eigenvalue weighted by Crippen LogP contribution is -2.16. The number of carbonyl (C=O) groups excluding carboxylic acids is 1. The highest BCUT2D eigenvalue weighted by atomic mass is 79.9. The van der Waals surface area contributed by atoms with Crippen molar-refractivity contribution in [1.82, 2.24) is 14.8 Å². The molecule has 1 unspecified atom stereocenters. The first kappa shape index (κ1) is 24.3. The van der Waals surface area contributed by atoms with Crippen molar-refractivity contribution < 1.29 is 9.53 Å². The Morgan fingerprint density at radius 1 is 1.16 bits per heavy atom. The predicted octanol–water partition coefficient (Wildman–Crippen LogP) is 6.11. The van der Waals surface area contributed by atoms with E-state index in [-0.39, 0.29) is 17.8 Å². The quantitative estimate of drug-likeness (QED) is 0.347. The number of aryl methyl sites for hydroxylation is 3. The molecule has 0 aliphatic rings. The molecule has 1 aromatic heterocycles. The van der Waals surface area contributed by atoms with Gasteiger partial charge in [0.25, 0.3) is 0 Å². The molecule has 1 N–H and O–H groups in total. The van der Waals surface area contributed by atoms with E-state index in [1.807, 2.05) is 56.5 Å². The lowest BCUT2D eigenvalue weighted by molar-refractivity contribution is -0.113. The van der Waals surface area contributed by atoms with Crippen LogP contribution in [0.25, 0.3) is 0 Å². The summed E-state index contributed by atoms with van der Waals surface area (Å²) in [5, 5.41) is 12.4. The van der Waals surface area contributed by atoms with Gasteiger partial charge in [0.2, 0.25) is 5.91 Å². The molecule has 3 rings (SSSR count). The van der Waals surface area contributed by atoms with Crippen molar-refractivity contribution in [3.63, 3.8) is 0 Å². The molecule has 170 valence electrons. The van der Waals surface area contributed by atoms with E-state index in [0.29, 0.717) is 11.7 Å². The summed E-state index contributed by atoms with van der Waals surface area (Å²) in [6.07, 6.45) is 0.737. The fourth-order valence-electron chi connectivity index (χ4n) is 3.48. The molecule has 0 aliphatic carbocycles. The van der Waals surface area contributed by atoms with Gasteiger partial charge in [-0.05, 0) is 75.1 Å². The van der Waals surface area contributed by atoms with E-state index in [9.17, 15) is 4.79 Å². The zero-order valence-corrected chi connectivity index (χ0v) is 21.5. The van der Waals surface area contributed by atoms with Crippen LogP contribution in [-0.4, -0.2) is 26.4 Å². The predicted molar refractivity (Wildman–Crippen MR) is 134 cm³/mol. The number of anilines is 1. The molecule has 2 aromatic carbocycles. The maximum Gasteiger partial charge on any atom is 0.234 e. The molecule has 0 saturated carbocycles. The van der Waals surface area contributed by atoms with Crippen molar-refractivity contribution in [1.29, 1.82) is 0 Å². The Bertz CT molecular complexity index is 1060. The number of ether oxygens (including phenoxy) is 1. The van der Waals surface area contributed by atoms with E-state index < -0.39 is 0 Å². The molecule has 0 spiro atoms. The van der Waals surface area contributed by atoms with Crippen LogP contribution in [0.1, 0.15) is 49.4 Å². The Hall–Kier alpha value is -2.32. The van der Waals surface area contributed by atoms with Gasteiger partial charge in [0, 0.05) is 16.7 Å². The smallest absolute Gasteiger partial charge is 0.234 e. The van der Waals surface area contributed by atoms with E-state index in [1.54, 1.807) is 0 Å². The topological polar surface area (TPSA) is 69.0 Å². The Kier molecular flexibility index (Phi) is 8.37. The Labute approximate surface area is 202 Å². The minimum atomic E-state index is -0.258. The first-order chi connectivity index (χ1) is 15.3. The molecule has 1 heterocycles. The summed E-state index contributed by atoms with van der Waals surface area (Å²) in [6.45, 7) is 10.8. The summed E-state index contributed by atoms with van der Waals surface area (Å²) in [4.78, 5) is 12.6. The summed E-state index contributed by atoms with van der Waals surface area (Å²) in [5.41, 5.74) is 4.17. The summed E-state index contributed by atoms with van der Waals surface area (Å²) in [7, 11) is 0. The lowest BCUT2D eigenvalue weighted by Gasteiger charge is -2.16. The molecular weight excluding hydrogens is 488 g/mol. The Morgan fingerprint density at radius 2 is 1.81 bits per heavy atom. The molecule has 1 amide bonds. The number of halogens is 1. The standard InChI is InChI=1S/C24H29BrN4O2S/c1-6-18-8-10-20(11-9-18)31-17(5)23-27-28-24(29(23)7-2)32-14-21(30)26-22-15(3)12-19(25)13-16(22)4/h8-13,17H,6-7,14H2,1-5H3,(H,26,30). The SMILES string of the molecule is CCc1ccc(OC(C)c2nnc(SCC(=O)Nc3c(C)cc(Br)cc3C)n2CC)cc1. The minimum Gasteiger partial charge on any atom is -0.483 e. The average molecular weight is 517 g/mol. The van der Waals surface area contributed by atoms with E-state index in [1.165, 1.54) is 17.3 Å². The largest absolute Gasteiger partial charge is 0.483 e. The third-order valence-corrected chi connectivity index (χ3v) is 6.59.